The molecular weight excluding hydrogens is 481 g/mol. The van der Waals surface area contributed by atoms with Crippen LogP contribution in [-0.4, -0.2) is 49.9 Å². The second-order valence-electron chi connectivity index (χ2n) is 9.92. The number of ether oxygens (including phenoxy) is 1. The molecule has 9 heteroatoms. The largest absolute Gasteiger partial charge is 0.573 e. The Kier molecular flexibility index (Phi) is 8.93. The average molecular weight is 515 g/mol. The number of nitriles is 1. The van der Waals surface area contributed by atoms with E-state index in [-0.39, 0.29) is 17.4 Å². The Hall–Kier alpha value is -3.25. The number of hydrogen-bond acceptors (Lipinski definition) is 5. The summed E-state index contributed by atoms with van der Waals surface area (Å²) in [5.74, 6) is 0.143. The van der Waals surface area contributed by atoms with Gasteiger partial charge < -0.3 is 15.0 Å². The molecule has 1 N–H and O–H groups in total. The van der Waals surface area contributed by atoms with E-state index < -0.39 is 12.1 Å². The van der Waals surface area contributed by atoms with E-state index >= 15 is 0 Å². The molecule has 2 aromatic carbocycles. The summed E-state index contributed by atoms with van der Waals surface area (Å²) >= 11 is 0. The molecule has 0 radical (unpaired) electrons. The Labute approximate surface area is 216 Å². The molecule has 2 heterocycles. The lowest BCUT2D eigenvalue weighted by molar-refractivity contribution is -0.274. The van der Waals surface area contributed by atoms with Crippen molar-refractivity contribution < 1.29 is 22.7 Å². The molecule has 2 aliphatic rings. The Bertz CT molecular complexity index is 1070. The second kappa shape index (κ2) is 12.3. The molecule has 2 saturated heterocycles. The van der Waals surface area contributed by atoms with E-state index in [1.54, 1.807) is 6.07 Å². The summed E-state index contributed by atoms with van der Waals surface area (Å²) in [7, 11) is 0. The van der Waals surface area contributed by atoms with E-state index in [1.165, 1.54) is 11.6 Å². The number of alkyl halides is 3. The van der Waals surface area contributed by atoms with Crippen LogP contribution >= 0.6 is 0 Å². The van der Waals surface area contributed by atoms with Crippen molar-refractivity contribution in [2.24, 2.45) is 11.8 Å². The van der Waals surface area contributed by atoms with Gasteiger partial charge in [-0.3, -0.25) is 9.69 Å². The number of hydrogen-bond donors (Lipinski definition) is 1. The predicted octanol–water partition coefficient (Wildman–Crippen LogP) is 5.09. The maximum atomic E-state index is 12.7. The summed E-state index contributed by atoms with van der Waals surface area (Å²) in [4.78, 5) is 17.1. The van der Waals surface area contributed by atoms with Gasteiger partial charge in [0.1, 0.15) is 5.75 Å². The molecule has 0 aliphatic carbocycles. The maximum Gasteiger partial charge on any atom is 0.573 e. The van der Waals surface area contributed by atoms with Crippen LogP contribution in [0, 0.1) is 23.2 Å². The highest BCUT2D eigenvalue weighted by Gasteiger charge is 2.32. The van der Waals surface area contributed by atoms with E-state index in [1.807, 2.05) is 17.0 Å². The Balaban J connectivity index is 1.17. The van der Waals surface area contributed by atoms with Crippen molar-refractivity contribution in [3.63, 3.8) is 0 Å². The summed E-state index contributed by atoms with van der Waals surface area (Å²) in [5, 5.41) is 12.3. The van der Waals surface area contributed by atoms with Gasteiger partial charge in [0, 0.05) is 43.9 Å². The molecular formula is C28H33F3N4O2. The third-order valence-corrected chi connectivity index (χ3v) is 7.29. The number of likely N-dealkylation sites (tertiary alicyclic amines) is 1. The van der Waals surface area contributed by atoms with Crippen LogP contribution in [0.1, 0.15) is 43.2 Å². The zero-order valence-corrected chi connectivity index (χ0v) is 20.8. The van der Waals surface area contributed by atoms with Gasteiger partial charge >= 0.3 is 6.36 Å². The molecule has 37 heavy (non-hydrogen) atoms. The fourth-order valence-corrected chi connectivity index (χ4v) is 5.24. The van der Waals surface area contributed by atoms with Crippen molar-refractivity contribution in [2.75, 3.05) is 37.6 Å². The van der Waals surface area contributed by atoms with Crippen LogP contribution < -0.4 is 15.0 Å². The zero-order valence-electron chi connectivity index (χ0n) is 20.8. The van der Waals surface area contributed by atoms with Crippen molar-refractivity contribution in [3.8, 4) is 11.8 Å². The van der Waals surface area contributed by atoms with E-state index in [4.69, 9.17) is 0 Å². The minimum Gasteiger partial charge on any atom is -0.406 e. The molecule has 0 unspecified atom stereocenters. The quantitative estimate of drug-likeness (QED) is 0.532. The molecule has 1 amide bonds. The molecule has 0 aromatic heterocycles. The van der Waals surface area contributed by atoms with Gasteiger partial charge in [0.2, 0.25) is 5.91 Å². The van der Waals surface area contributed by atoms with E-state index in [0.717, 1.165) is 45.0 Å². The van der Waals surface area contributed by atoms with Crippen LogP contribution in [0.25, 0.3) is 0 Å². The van der Waals surface area contributed by atoms with Gasteiger partial charge in [-0.2, -0.15) is 5.26 Å². The molecule has 0 spiro atoms. The minimum absolute atomic E-state index is 0.0491. The summed E-state index contributed by atoms with van der Waals surface area (Å²) in [5.41, 5.74) is 1.94. The fraction of sp³-hybridized carbons (Fsp3) is 0.500. The third-order valence-electron chi connectivity index (χ3n) is 7.29. The van der Waals surface area contributed by atoms with Gasteiger partial charge in [-0.15, -0.1) is 13.2 Å². The summed E-state index contributed by atoms with van der Waals surface area (Å²) in [6.07, 6.45) is -0.347. The highest BCUT2D eigenvalue weighted by molar-refractivity contribution is 5.79. The Morgan fingerprint density at radius 3 is 2.38 bits per heavy atom. The first-order valence-electron chi connectivity index (χ1n) is 12.9. The molecule has 6 nitrogen and oxygen atoms in total. The topological polar surface area (TPSA) is 68.6 Å². The maximum absolute atomic E-state index is 12.7. The number of benzene rings is 2. The molecule has 0 saturated carbocycles. The van der Waals surface area contributed by atoms with Crippen molar-refractivity contribution in [2.45, 2.75) is 45.0 Å². The molecule has 2 fully saturated rings. The molecule has 198 valence electrons. The van der Waals surface area contributed by atoms with E-state index in [9.17, 15) is 23.2 Å². The molecule has 0 atom stereocenters. The number of nitrogens with one attached hydrogen (secondary N) is 1. The van der Waals surface area contributed by atoms with Crippen LogP contribution in [-0.2, 0) is 11.3 Å². The smallest absolute Gasteiger partial charge is 0.406 e. The number of carbonyl (C=O) groups is 1. The SMILES string of the molecule is N#Cc1cc(OC(F)(F)F)cc(N2CCC(C(=O)NCCC3CCN(Cc4ccccc4)CC3)CC2)c1. The summed E-state index contributed by atoms with van der Waals surface area (Å²) in [6, 6.07) is 16.3. The number of carbonyl (C=O) groups excluding carboxylic acids is 1. The number of piperidine rings is 2. The normalized spacial score (nSPS) is 17.8. The van der Waals surface area contributed by atoms with Crippen LogP contribution in [0.15, 0.2) is 48.5 Å². The van der Waals surface area contributed by atoms with Crippen molar-refractivity contribution >= 4 is 11.6 Å². The predicted molar refractivity (Wildman–Crippen MR) is 135 cm³/mol. The number of anilines is 1. The van der Waals surface area contributed by atoms with Gasteiger partial charge in [0.05, 0.1) is 11.6 Å². The highest BCUT2D eigenvalue weighted by Crippen LogP contribution is 2.31. The van der Waals surface area contributed by atoms with E-state index in [2.05, 4.69) is 39.2 Å². The van der Waals surface area contributed by atoms with Gasteiger partial charge in [-0.25, -0.2) is 0 Å². The lowest BCUT2D eigenvalue weighted by atomic mass is 9.92. The van der Waals surface area contributed by atoms with Crippen LogP contribution in [0.5, 0.6) is 5.75 Å². The number of halogens is 3. The van der Waals surface area contributed by atoms with Gasteiger partial charge in [-0.1, -0.05) is 30.3 Å². The van der Waals surface area contributed by atoms with E-state index in [0.29, 0.717) is 44.1 Å². The van der Waals surface area contributed by atoms with Gasteiger partial charge in [-0.05, 0) is 68.8 Å². The first-order valence-corrected chi connectivity index (χ1v) is 12.9. The average Bonchev–Trinajstić information content (AvgIpc) is 2.89. The molecule has 2 aromatic rings. The minimum atomic E-state index is -4.82. The monoisotopic (exact) mass is 514 g/mol. The Morgan fingerprint density at radius 2 is 1.73 bits per heavy atom. The van der Waals surface area contributed by atoms with Gasteiger partial charge in [0.15, 0.2) is 0 Å². The van der Waals surface area contributed by atoms with Crippen LogP contribution in [0.3, 0.4) is 0 Å². The first-order chi connectivity index (χ1) is 17.8. The first kappa shape index (κ1) is 26.8. The van der Waals surface area contributed by atoms with Crippen LogP contribution in [0.4, 0.5) is 18.9 Å². The standard InChI is InChI=1S/C28H33F3N4O2/c29-28(30,31)37-26-17-23(19-32)16-25(18-26)35-14-9-24(10-15-35)27(36)33-11-6-21-7-12-34(13-8-21)20-22-4-2-1-3-5-22/h1-5,16-18,21,24H,6-15,20H2,(H,33,36). The summed E-state index contributed by atoms with van der Waals surface area (Å²) in [6.45, 7) is 4.87. The highest BCUT2D eigenvalue weighted by atomic mass is 19.4. The summed E-state index contributed by atoms with van der Waals surface area (Å²) < 4.78 is 41.9. The number of amides is 1. The third kappa shape index (κ3) is 8.12. The zero-order chi connectivity index (χ0) is 26.3. The Morgan fingerprint density at radius 1 is 1.03 bits per heavy atom. The lowest BCUT2D eigenvalue weighted by Gasteiger charge is -2.34. The van der Waals surface area contributed by atoms with Crippen LogP contribution in [0.2, 0.25) is 0 Å². The second-order valence-corrected chi connectivity index (χ2v) is 9.92. The molecule has 0 bridgehead atoms. The fourth-order valence-electron chi connectivity index (χ4n) is 5.24. The number of nitrogens with zero attached hydrogens (tertiary/aromatic N) is 3. The number of rotatable bonds is 8. The van der Waals surface area contributed by atoms with Crippen molar-refractivity contribution in [1.82, 2.24) is 10.2 Å². The van der Waals surface area contributed by atoms with Crippen molar-refractivity contribution in [1.29, 1.82) is 5.26 Å². The molecule has 4 rings (SSSR count). The lowest BCUT2D eigenvalue weighted by Crippen LogP contribution is -2.41. The van der Waals surface area contributed by atoms with Gasteiger partial charge in [0.25, 0.3) is 0 Å². The van der Waals surface area contributed by atoms with Crippen molar-refractivity contribution in [3.05, 3.63) is 59.7 Å². The molecule has 2 aliphatic heterocycles.